The van der Waals surface area contributed by atoms with Crippen molar-refractivity contribution in [2.24, 2.45) is 5.92 Å². The summed E-state index contributed by atoms with van der Waals surface area (Å²) in [5.74, 6) is 0.668. The van der Waals surface area contributed by atoms with Gasteiger partial charge in [0.2, 0.25) is 0 Å². The molecule has 0 aliphatic carbocycles. The van der Waals surface area contributed by atoms with Crippen molar-refractivity contribution >= 4 is 11.5 Å². The van der Waals surface area contributed by atoms with Crippen molar-refractivity contribution in [1.82, 2.24) is 0 Å². The summed E-state index contributed by atoms with van der Waals surface area (Å²) in [6, 6.07) is 9.17. The highest BCUT2D eigenvalue weighted by atomic mass is 16.1. The van der Waals surface area contributed by atoms with Gasteiger partial charge in [0.15, 0.2) is 0 Å². The van der Waals surface area contributed by atoms with Crippen LogP contribution in [0, 0.1) is 5.92 Å². The van der Waals surface area contributed by atoms with Crippen LogP contribution < -0.4 is 4.90 Å². The highest BCUT2D eigenvalue weighted by Gasteiger charge is 2.36. The first-order valence-electron chi connectivity index (χ1n) is 8.68. The lowest BCUT2D eigenvalue weighted by molar-refractivity contribution is -0.123. The summed E-state index contributed by atoms with van der Waals surface area (Å²) in [6.45, 7) is 3.14. The van der Waals surface area contributed by atoms with Crippen molar-refractivity contribution in [3.05, 3.63) is 29.8 Å². The number of benzene rings is 1. The smallest absolute Gasteiger partial charge is 0.138 e. The minimum absolute atomic E-state index is 0.211. The predicted molar refractivity (Wildman–Crippen MR) is 87.8 cm³/mol. The van der Waals surface area contributed by atoms with Crippen molar-refractivity contribution in [2.75, 3.05) is 11.4 Å². The van der Waals surface area contributed by atoms with Crippen LogP contribution in [-0.4, -0.2) is 18.4 Å². The summed E-state index contributed by atoms with van der Waals surface area (Å²) < 4.78 is 0. The molecular weight excluding hydrogens is 258 g/mol. The Hall–Kier alpha value is -1.31. The van der Waals surface area contributed by atoms with E-state index in [4.69, 9.17) is 0 Å². The Morgan fingerprint density at radius 1 is 1.14 bits per heavy atom. The lowest BCUT2D eigenvalue weighted by Gasteiger charge is -2.43. The number of para-hydroxylation sites is 1. The van der Waals surface area contributed by atoms with Crippen LogP contribution in [0.2, 0.25) is 0 Å². The molecule has 114 valence electrons. The van der Waals surface area contributed by atoms with E-state index in [2.05, 4.69) is 29.2 Å². The van der Waals surface area contributed by atoms with Gasteiger partial charge in [-0.3, -0.25) is 4.79 Å². The number of fused-ring (bicyclic) bond motifs is 3. The average Bonchev–Trinajstić information content (AvgIpc) is 2.65. The maximum atomic E-state index is 12.5. The Balaban J connectivity index is 1.96. The van der Waals surface area contributed by atoms with Crippen LogP contribution in [0.15, 0.2) is 24.3 Å². The maximum Gasteiger partial charge on any atom is 0.138 e. The zero-order valence-corrected chi connectivity index (χ0v) is 13.2. The van der Waals surface area contributed by atoms with Gasteiger partial charge >= 0.3 is 0 Å². The minimum Gasteiger partial charge on any atom is -0.368 e. The number of hydrogen-bond donors (Lipinski definition) is 0. The van der Waals surface area contributed by atoms with Gasteiger partial charge in [-0.2, -0.15) is 0 Å². The number of rotatable bonds is 2. The summed E-state index contributed by atoms with van der Waals surface area (Å²) in [5, 5.41) is 0. The number of carbonyl (C=O) groups excluding carboxylic acids is 1. The molecular formula is C19H27NO. The second-order valence-electron chi connectivity index (χ2n) is 6.58. The van der Waals surface area contributed by atoms with Gasteiger partial charge in [0.1, 0.15) is 5.78 Å². The molecule has 2 nitrogen and oxygen atoms in total. The fourth-order valence-electron chi connectivity index (χ4n) is 4.13. The van der Waals surface area contributed by atoms with E-state index >= 15 is 0 Å². The summed E-state index contributed by atoms with van der Waals surface area (Å²) >= 11 is 0. The van der Waals surface area contributed by atoms with E-state index < -0.39 is 0 Å². The van der Waals surface area contributed by atoms with Gasteiger partial charge in [-0.1, -0.05) is 50.8 Å². The molecule has 0 N–H and O–H groups in total. The second-order valence-corrected chi connectivity index (χ2v) is 6.58. The van der Waals surface area contributed by atoms with Crippen LogP contribution in [0.5, 0.6) is 0 Å². The molecule has 2 aliphatic heterocycles. The number of carbonyl (C=O) groups is 1. The number of Topliss-reactive ketones (excluding diaryl/α,β-unsaturated/α-hetero) is 1. The van der Waals surface area contributed by atoms with Crippen molar-refractivity contribution in [3.8, 4) is 0 Å². The monoisotopic (exact) mass is 285 g/mol. The molecule has 0 saturated carbocycles. The molecule has 1 fully saturated rings. The molecule has 2 heteroatoms. The third-order valence-corrected chi connectivity index (χ3v) is 5.27. The van der Waals surface area contributed by atoms with Gasteiger partial charge in [-0.15, -0.1) is 0 Å². The average molecular weight is 285 g/mol. The highest BCUT2D eigenvalue weighted by Crippen LogP contribution is 2.37. The molecule has 2 atom stereocenters. The van der Waals surface area contributed by atoms with Crippen molar-refractivity contribution < 1.29 is 4.79 Å². The molecule has 1 saturated heterocycles. The first-order valence-corrected chi connectivity index (χ1v) is 8.68. The van der Waals surface area contributed by atoms with Gasteiger partial charge in [0.05, 0.1) is 0 Å². The Labute approximate surface area is 128 Å². The van der Waals surface area contributed by atoms with Crippen molar-refractivity contribution in [3.63, 3.8) is 0 Å². The molecule has 2 heterocycles. The van der Waals surface area contributed by atoms with E-state index in [1.807, 2.05) is 6.92 Å². The van der Waals surface area contributed by atoms with Crippen LogP contribution >= 0.6 is 0 Å². The summed E-state index contributed by atoms with van der Waals surface area (Å²) in [7, 11) is 0. The first kappa shape index (κ1) is 14.6. The van der Waals surface area contributed by atoms with E-state index in [-0.39, 0.29) is 5.92 Å². The van der Waals surface area contributed by atoms with Crippen LogP contribution in [0.25, 0.3) is 0 Å². The summed E-state index contributed by atoms with van der Waals surface area (Å²) in [4.78, 5) is 15.1. The highest BCUT2D eigenvalue weighted by molar-refractivity contribution is 5.83. The van der Waals surface area contributed by atoms with E-state index in [1.165, 1.54) is 49.8 Å². The molecule has 3 rings (SSSR count). The fraction of sp³-hybridized carbons (Fsp3) is 0.632. The topological polar surface area (TPSA) is 20.3 Å². The summed E-state index contributed by atoms with van der Waals surface area (Å²) in [5.41, 5.74) is 2.77. The third-order valence-electron chi connectivity index (χ3n) is 5.27. The number of hydrogen-bond acceptors (Lipinski definition) is 2. The predicted octanol–water partition coefficient (Wildman–Crippen LogP) is 4.37. The molecule has 0 aromatic heterocycles. The molecule has 21 heavy (non-hydrogen) atoms. The standard InChI is InChI=1S/C19H27NO/c1-2-19(21)16-14-15-10-7-8-11-17(15)20-13-9-5-3-4-6-12-18(16)20/h7-8,10-11,16,18H,2-6,9,12-14H2,1H3/t16-,18+/m1/s1. The zero-order chi connectivity index (χ0) is 14.7. The third kappa shape index (κ3) is 3.00. The lowest BCUT2D eigenvalue weighted by atomic mass is 9.80. The molecule has 0 unspecified atom stereocenters. The fourth-order valence-corrected chi connectivity index (χ4v) is 4.13. The maximum absolute atomic E-state index is 12.5. The normalized spacial score (nSPS) is 26.0. The number of ketones is 1. The Kier molecular flexibility index (Phi) is 4.62. The Morgan fingerprint density at radius 2 is 1.90 bits per heavy atom. The molecule has 0 radical (unpaired) electrons. The van der Waals surface area contributed by atoms with Crippen LogP contribution in [0.4, 0.5) is 5.69 Å². The molecule has 2 aliphatic rings. The zero-order valence-electron chi connectivity index (χ0n) is 13.2. The van der Waals surface area contributed by atoms with Crippen molar-refractivity contribution in [2.45, 2.75) is 64.3 Å². The van der Waals surface area contributed by atoms with E-state index in [9.17, 15) is 4.79 Å². The molecule has 1 aromatic rings. The number of anilines is 1. The van der Waals surface area contributed by atoms with Gasteiger partial charge in [-0.05, 0) is 30.9 Å². The SMILES string of the molecule is CCC(=O)[C@@H]1Cc2ccccc2N2CCCCCCC[C@@H]12. The van der Waals surface area contributed by atoms with E-state index in [0.717, 1.165) is 13.0 Å². The van der Waals surface area contributed by atoms with Crippen LogP contribution in [0.3, 0.4) is 0 Å². The molecule has 1 aromatic carbocycles. The van der Waals surface area contributed by atoms with Crippen molar-refractivity contribution in [1.29, 1.82) is 0 Å². The van der Waals surface area contributed by atoms with Crippen LogP contribution in [-0.2, 0) is 11.2 Å². The lowest BCUT2D eigenvalue weighted by Crippen LogP contribution is -2.48. The van der Waals surface area contributed by atoms with E-state index in [1.54, 1.807) is 0 Å². The Morgan fingerprint density at radius 3 is 2.76 bits per heavy atom. The molecule has 0 bridgehead atoms. The first-order chi connectivity index (χ1) is 10.3. The van der Waals surface area contributed by atoms with Gasteiger partial charge < -0.3 is 4.90 Å². The Bertz CT molecular complexity index is 496. The van der Waals surface area contributed by atoms with Gasteiger partial charge in [-0.25, -0.2) is 0 Å². The second kappa shape index (κ2) is 6.64. The quantitative estimate of drug-likeness (QED) is 0.804. The minimum atomic E-state index is 0.211. The van der Waals surface area contributed by atoms with E-state index in [0.29, 0.717) is 18.2 Å². The van der Waals surface area contributed by atoms with Gasteiger partial charge in [0.25, 0.3) is 0 Å². The largest absolute Gasteiger partial charge is 0.368 e. The summed E-state index contributed by atoms with van der Waals surface area (Å²) in [6.07, 6.45) is 9.37. The van der Waals surface area contributed by atoms with Gasteiger partial charge in [0, 0.05) is 30.6 Å². The molecule has 0 amide bonds. The van der Waals surface area contributed by atoms with Crippen LogP contribution in [0.1, 0.15) is 57.4 Å². The molecule has 0 spiro atoms. The number of nitrogens with zero attached hydrogens (tertiary/aromatic N) is 1.